The van der Waals surface area contributed by atoms with Crippen LogP contribution in [-0.4, -0.2) is 76.7 Å². The minimum absolute atomic E-state index is 0.00792. The van der Waals surface area contributed by atoms with Gasteiger partial charge in [0.1, 0.15) is 63.6 Å². The maximum Gasteiger partial charge on any atom is 0.311 e. The Morgan fingerprint density at radius 1 is 0.256 bits per heavy atom. The normalized spacial score (nSPS) is 15.2. The third-order valence-electron chi connectivity index (χ3n) is 17.8. The molecule has 0 aromatic rings. The van der Waals surface area contributed by atoms with Crippen LogP contribution in [0.15, 0.2) is 0 Å². The van der Waals surface area contributed by atoms with E-state index in [0.717, 1.165) is 6.42 Å². The maximum absolute atomic E-state index is 14.5. The summed E-state index contributed by atoms with van der Waals surface area (Å²) in [6.45, 7) is 45.9. The summed E-state index contributed by atoms with van der Waals surface area (Å²) >= 11 is 0. The SMILES string of the molecule is COC(=O)C(C)(C)CC(=O)C(CC(=O)C(C)(C)CC(=O)C(CC(=O)C(C)(C)CC(=O)C(CC(=O)C(C)(C)CC(=O)C(CC(=O)C(C)(C)CC(=O)C(CC(=O)C(C)(C)CC(=O)C(C)CC(C)C)CC(C)C)CC(C)C)CC(C)C)CC(C)C)CC(C)C. The van der Waals surface area contributed by atoms with Crippen LogP contribution in [-0.2, 0) is 62.3 Å². The molecule has 494 valence electrons. The van der Waals surface area contributed by atoms with Crippen LogP contribution in [0.3, 0.4) is 0 Å². The van der Waals surface area contributed by atoms with Crippen LogP contribution in [0.2, 0.25) is 0 Å². The molecule has 13 heteroatoms. The van der Waals surface area contributed by atoms with Crippen molar-refractivity contribution in [2.75, 3.05) is 7.11 Å². The van der Waals surface area contributed by atoms with Gasteiger partial charge in [-0.3, -0.25) is 57.5 Å². The number of hydrogen-bond acceptors (Lipinski definition) is 13. The molecule has 6 atom stereocenters. The molecule has 0 radical (unpaired) electrons. The lowest BCUT2D eigenvalue weighted by Gasteiger charge is -2.31. The van der Waals surface area contributed by atoms with Crippen LogP contribution >= 0.6 is 0 Å². The van der Waals surface area contributed by atoms with Crippen molar-refractivity contribution in [1.29, 1.82) is 0 Å². The van der Waals surface area contributed by atoms with Crippen LogP contribution < -0.4 is 0 Å². The summed E-state index contributed by atoms with van der Waals surface area (Å²) in [6.07, 6.45) is 1.55. The molecule has 0 amide bonds. The zero-order valence-corrected chi connectivity index (χ0v) is 59.3. The zero-order valence-electron chi connectivity index (χ0n) is 59.3. The van der Waals surface area contributed by atoms with Crippen molar-refractivity contribution in [3.8, 4) is 0 Å². The molecule has 0 saturated carbocycles. The van der Waals surface area contributed by atoms with Gasteiger partial charge < -0.3 is 4.74 Å². The Hall–Kier alpha value is -4.16. The fourth-order valence-corrected chi connectivity index (χ4v) is 12.2. The number of carbonyl (C=O) groups excluding carboxylic acids is 12. The van der Waals surface area contributed by atoms with Gasteiger partial charge in [0.05, 0.1) is 12.5 Å². The molecule has 0 N–H and O–H groups in total. The Balaban J connectivity index is 6.42. The summed E-state index contributed by atoms with van der Waals surface area (Å²) in [4.78, 5) is 168. The van der Waals surface area contributed by atoms with E-state index in [1.807, 2.05) is 76.2 Å². The molecule has 0 fully saturated rings. The Morgan fingerprint density at radius 3 is 0.581 bits per heavy atom. The Kier molecular flexibility index (Phi) is 33.0. The molecule has 6 unspecified atom stereocenters. The lowest BCUT2D eigenvalue weighted by Crippen LogP contribution is -2.38. The monoisotopic (exact) mass is 1210 g/mol. The molecular formula is C73H124O13. The third-order valence-corrected chi connectivity index (χ3v) is 17.8. The van der Waals surface area contributed by atoms with Gasteiger partial charge in [-0.05, 0) is 87.9 Å². The number of hydrogen-bond donors (Lipinski definition) is 0. The van der Waals surface area contributed by atoms with Crippen LogP contribution in [0.5, 0.6) is 0 Å². The molecule has 0 heterocycles. The van der Waals surface area contributed by atoms with Crippen molar-refractivity contribution < 1.29 is 62.3 Å². The highest BCUT2D eigenvalue weighted by atomic mass is 16.5. The van der Waals surface area contributed by atoms with Gasteiger partial charge in [-0.15, -0.1) is 0 Å². The van der Waals surface area contributed by atoms with Crippen molar-refractivity contribution >= 4 is 69.6 Å². The van der Waals surface area contributed by atoms with Gasteiger partial charge in [-0.1, -0.05) is 159 Å². The van der Waals surface area contributed by atoms with Gasteiger partial charge in [0, 0.05) is 133 Å². The predicted octanol–water partition coefficient (Wildman–Crippen LogP) is 15.9. The van der Waals surface area contributed by atoms with E-state index in [9.17, 15) is 57.5 Å². The lowest BCUT2D eigenvalue weighted by molar-refractivity contribution is -0.153. The summed E-state index contributed by atoms with van der Waals surface area (Å²) in [7, 11) is 1.27. The van der Waals surface area contributed by atoms with Gasteiger partial charge in [0.15, 0.2) is 0 Å². The van der Waals surface area contributed by atoms with E-state index in [4.69, 9.17) is 4.74 Å². The average Bonchev–Trinajstić information content (AvgIpc) is 3.19. The largest absolute Gasteiger partial charge is 0.469 e. The molecule has 0 spiro atoms. The molecule has 0 rings (SSSR count). The van der Waals surface area contributed by atoms with Gasteiger partial charge in [0.25, 0.3) is 0 Å². The summed E-state index contributed by atoms with van der Waals surface area (Å²) in [5.41, 5.74) is -6.79. The first-order chi connectivity index (χ1) is 38.8. The first kappa shape index (κ1) is 81.8. The Bertz CT molecular complexity index is 2350. The third kappa shape index (κ3) is 28.6. The van der Waals surface area contributed by atoms with E-state index in [-0.39, 0.29) is 170 Å². The highest BCUT2D eigenvalue weighted by molar-refractivity contribution is 6.00. The standard InChI is InChI=1S/C73H124O13/c1-44(2)27-50(13)56(74)38-68(14,15)62(80)33-51(28-45(3)4)57(75)39-69(16,17)63(81)34-52(29-46(5)6)58(76)40-70(18,19)64(82)35-53(30-47(7)8)59(77)41-71(20,21)65(83)36-54(31-48(9)10)60(78)42-72(22,23)66(84)37-55(32-49(11)12)61(79)43-73(24,25)67(85)86-26/h44-55H,27-43H2,1-26H3. The molecule has 0 bridgehead atoms. The maximum atomic E-state index is 14.5. The van der Waals surface area contributed by atoms with E-state index in [2.05, 4.69) is 13.8 Å². The van der Waals surface area contributed by atoms with Crippen LogP contribution in [0.4, 0.5) is 0 Å². The Morgan fingerprint density at radius 2 is 0.419 bits per heavy atom. The number of Topliss-reactive ketones (excluding diaryl/α,β-unsaturated/α-hetero) is 11. The lowest BCUT2D eigenvalue weighted by atomic mass is 9.70. The molecular weight excluding hydrogens is 1080 g/mol. The first-order valence-electron chi connectivity index (χ1n) is 32.8. The zero-order chi connectivity index (χ0) is 67.6. The van der Waals surface area contributed by atoms with Crippen molar-refractivity contribution in [2.24, 2.45) is 104 Å². The number of methoxy groups -OCH3 is 1. The summed E-state index contributed by atoms with van der Waals surface area (Å²) < 4.78 is 4.92. The molecule has 86 heavy (non-hydrogen) atoms. The van der Waals surface area contributed by atoms with Crippen molar-refractivity contribution in [3.63, 3.8) is 0 Å². The average molecular weight is 1210 g/mol. The number of ketones is 11. The van der Waals surface area contributed by atoms with E-state index >= 15 is 0 Å². The fourth-order valence-electron chi connectivity index (χ4n) is 12.2. The molecule has 0 aliphatic carbocycles. The second-order valence-electron chi connectivity index (χ2n) is 33.0. The highest BCUT2D eigenvalue weighted by Crippen LogP contribution is 2.40. The second kappa shape index (κ2) is 34.7. The van der Waals surface area contributed by atoms with Crippen LogP contribution in [0, 0.1) is 104 Å². The van der Waals surface area contributed by atoms with Crippen molar-refractivity contribution in [3.05, 3.63) is 0 Å². The molecule has 0 aliphatic heterocycles. The second-order valence-corrected chi connectivity index (χ2v) is 33.0. The topological polar surface area (TPSA) is 214 Å². The van der Waals surface area contributed by atoms with E-state index in [1.54, 1.807) is 83.1 Å². The van der Waals surface area contributed by atoms with E-state index < -0.39 is 68.0 Å². The van der Waals surface area contributed by atoms with E-state index in [1.165, 1.54) is 7.11 Å². The van der Waals surface area contributed by atoms with E-state index in [0.29, 0.717) is 38.0 Å². The highest BCUT2D eigenvalue weighted by Gasteiger charge is 2.44. The molecule has 13 nitrogen and oxygen atoms in total. The fraction of sp³-hybridized carbons (Fsp3) is 0.836. The minimum atomic E-state index is -1.21. The first-order valence-corrected chi connectivity index (χ1v) is 32.8. The predicted molar refractivity (Wildman–Crippen MR) is 344 cm³/mol. The smallest absolute Gasteiger partial charge is 0.311 e. The number of rotatable bonds is 46. The van der Waals surface area contributed by atoms with Crippen molar-refractivity contribution in [1.82, 2.24) is 0 Å². The summed E-state index contributed by atoms with van der Waals surface area (Å²) in [6, 6.07) is 0. The van der Waals surface area contributed by atoms with Gasteiger partial charge in [0.2, 0.25) is 0 Å². The molecule has 0 aromatic heterocycles. The minimum Gasteiger partial charge on any atom is -0.469 e. The number of ether oxygens (including phenoxy) is 1. The quantitative estimate of drug-likeness (QED) is 0.0519. The molecule has 0 aromatic carbocycles. The summed E-state index contributed by atoms with van der Waals surface area (Å²) in [5, 5.41) is 0. The van der Waals surface area contributed by atoms with Gasteiger partial charge in [-0.2, -0.15) is 0 Å². The Labute approximate surface area is 522 Å². The van der Waals surface area contributed by atoms with Crippen LogP contribution in [0.1, 0.15) is 282 Å². The van der Waals surface area contributed by atoms with Gasteiger partial charge in [-0.25, -0.2) is 0 Å². The van der Waals surface area contributed by atoms with Crippen LogP contribution in [0.25, 0.3) is 0 Å². The number of carbonyl (C=O) groups is 12. The number of esters is 1. The molecule has 0 saturated heterocycles. The van der Waals surface area contributed by atoms with Gasteiger partial charge >= 0.3 is 5.97 Å². The molecule has 0 aliphatic rings. The van der Waals surface area contributed by atoms with Crippen molar-refractivity contribution in [2.45, 2.75) is 282 Å². The summed E-state index contributed by atoms with van der Waals surface area (Å²) in [5.74, 6) is -6.08.